The fourth-order valence-corrected chi connectivity index (χ4v) is 5.14. The first-order valence-electron chi connectivity index (χ1n) is 12.5. The number of hydrogen-bond donors (Lipinski definition) is 1. The van der Waals surface area contributed by atoms with Crippen LogP contribution in [0.1, 0.15) is 53.9 Å². The van der Waals surface area contributed by atoms with Crippen molar-refractivity contribution in [2.24, 2.45) is 0 Å². The monoisotopic (exact) mass is 548 g/mol. The third-order valence-electron chi connectivity index (χ3n) is 6.85. The number of pyridine rings is 1. The van der Waals surface area contributed by atoms with Crippen LogP contribution in [0.2, 0.25) is 5.02 Å². The molecule has 0 atom stereocenters. The number of halogens is 1. The average molecular weight is 549 g/mol. The summed E-state index contributed by atoms with van der Waals surface area (Å²) in [7, 11) is 0. The van der Waals surface area contributed by atoms with Crippen LogP contribution in [0.15, 0.2) is 103 Å². The Bertz CT molecular complexity index is 1730. The van der Waals surface area contributed by atoms with Crippen molar-refractivity contribution in [2.75, 3.05) is 0 Å². The molecule has 1 aromatic heterocycles. The van der Waals surface area contributed by atoms with E-state index in [2.05, 4.69) is 4.98 Å². The predicted octanol–water partition coefficient (Wildman–Crippen LogP) is 6.55. The summed E-state index contributed by atoms with van der Waals surface area (Å²) >= 11 is 6.01. The molecule has 5 aromatic rings. The van der Waals surface area contributed by atoms with Gasteiger partial charge in [-0.05, 0) is 34.9 Å². The normalized spacial score (nSPS) is 12.7. The minimum Gasteiger partial charge on any atom is -0.478 e. The molecule has 6 rings (SSSR count). The molecule has 0 spiro atoms. The van der Waals surface area contributed by atoms with Crippen LogP contribution >= 0.6 is 11.6 Å². The Morgan fingerprint density at radius 2 is 1.43 bits per heavy atom. The number of ether oxygens (including phenoxy) is 1. The molecule has 8 heteroatoms. The van der Waals surface area contributed by atoms with Crippen molar-refractivity contribution >= 4 is 40.3 Å². The molecule has 0 saturated carbocycles. The zero-order valence-electron chi connectivity index (χ0n) is 21.0. The van der Waals surface area contributed by atoms with E-state index < -0.39 is 23.9 Å². The van der Waals surface area contributed by atoms with Gasteiger partial charge in [-0.1, -0.05) is 90.5 Å². The number of imide groups is 1. The number of carboxylic acids is 1. The second kappa shape index (κ2) is 10.3. The molecule has 0 fully saturated rings. The van der Waals surface area contributed by atoms with Gasteiger partial charge in [-0.25, -0.2) is 4.79 Å². The molecule has 196 valence electrons. The lowest BCUT2D eigenvalue weighted by molar-refractivity contribution is 0.0627. The Labute approximate surface area is 234 Å². The van der Waals surface area contributed by atoms with Crippen LogP contribution in [-0.2, 0) is 6.54 Å². The van der Waals surface area contributed by atoms with Crippen LogP contribution in [-0.4, -0.2) is 32.8 Å². The SMILES string of the molecule is O=C(O)c1c2c(c(OC(c3ccccc3)c3ccccc3)c3ncccc13)C(=O)N(Cc1ccc(Cl)cc1)C2=O. The maximum Gasteiger partial charge on any atom is 0.337 e. The number of hydrogen-bond acceptors (Lipinski definition) is 5. The molecule has 40 heavy (non-hydrogen) atoms. The van der Waals surface area contributed by atoms with Gasteiger partial charge in [0, 0.05) is 16.6 Å². The molecule has 1 aliphatic heterocycles. The van der Waals surface area contributed by atoms with E-state index in [1.54, 1.807) is 36.4 Å². The molecule has 2 amide bonds. The van der Waals surface area contributed by atoms with Gasteiger partial charge in [0.05, 0.1) is 23.2 Å². The maximum atomic E-state index is 14.0. The second-order valence-corrected chi connectivity index (χ2v) is 9.74. The van der Waals surface area contributed by atoms with Crippen LogP contribution in [0, 0.1) is 0 Å². The van der Waals surface area contributed by atoms with Gasteiger partial charge in [0.15, 0.2) is 5.75 Å². The van der Waals surface area contributed by atoms with Gasteiger partial charge >= 0.3 is 5.97 Å². The van der Waals surface area contributed by atoms with E-state index in [4.69, 9.17) is 16.3 Å². The second-order valence-electron chi connectivity index (χ2n) is 9.30. The molecule has 4 aromatic carbocycles. The number of benzene rings is 4. The Hall–Kier alpha value is -5.01. The van der Waals surface area contributed by atoms with Crippen molar-refractivity contribution in [1.82, 2.24) is 9.88 Å². The van der Waals surface area contributed by atoms with Crippen molar-refractivity contribution in [3.8, 4) is 5.75 Å². The number of rotatable bonds is 7. The van der Waals surface area contributed by atoms with Crippen molar-refractivity contribution in [3.05, 3.63) is 142 Å². The van der Waals surface area contributed by atoms with E-state index >= 15 is 0 Å². The molecule has 0 bridgehead atoms. The smallest absolute Gasteiger partial charge is 0.337 e. The number of aromatic nitrogens is 1. The summed E-state index contributed by atoms with van der Waals surface area (Å²) in [5.74, 6) is -2.64. The Balaban J connectivity index is 1.57. The molecule has 0 aliphatic carbocycles. The highest BCUT2D eigenvalue weighted by atomic mass is 35.5. The zero-order valence-corrected chi connectivity index (χ0v) is 21.7. The van der Waals surface area contributed by atoms with Crippen LogP contribution in [0.25, 0.3) is 10.9 Å². The summed E-state index contributed by atoms with van der Waals surface area (Å²) < 4.78 is 6.64. The van der Waals surface area contributed by atoms with Gasteiger partial charge in [0.2, 0.25) is 0 Å². The van der Waals surface area contributed by atoms with Crippen LogP contribution in [0.3, 0.4) is 0 Å². The summed E-state index contributed by atoms with van der Waals surface area (Å²) in [5, 5.41) is 10.9. The van der Waals surface area contributed by atoms with Gasteiger partial charge in [-0.2, -0.15) is 0 Å². The van der Waals surface area contributed by atoms with Crippen molar-refractivity contribution in [2.45, 2.75) is 12.6 Å². The Kier molecular flexibility index (Phi) is 6.50. The van der Waals surface area contributed by atoms with Gasteiger partial charge in [-0.3, -0.25) is 19.5 Å². The molecule has 2 heterocycles. The van der Waals surface area contributed by atoms with E-state index in [1.807, 2.05) is 60.7 Å². The first-order valence-corrected chi connectivity index (χ1v) is 12.9. The minimum absolute atomic E-state index is 0.0604. The van der Waals surface area contributed by atoms with Gasteiger partial charge in [0.1, 0.15) is 11.6 Å². The molecular formula is C32H21ClN2O5. The lowest BCUT2D eigenvalue weighted by atomic mass is 9.95. The standard InChI is InChI=1S/C32H21ClN2O5/c33-22-15-13-19(14-16-22)18-35-30(36)25-24(32(38)39)23-12-7-17-34-27(23)29(26(25)31(35)37)40-28(20-8-3-1-4-9-20)21-10-5-2-6-11-21/h1-17,28H,18H2,(H,38,39). The maximum absolute atomic E-state index is 14.0. The Morgan fingerprint density at radius 1 is 0.825 bits per heavy atom. The lowest BCUT2D eigenvalue weighted by Crippen LogP contribution is -2.29. The van der Waals surface area contributed by atoms with E-state index in [0.717, 1.165) is 16.0 Å². The number of aromatic carboxylic acids is 1. The number of carboxylic acid groups (broad SMARTS) is 1. The molecule has 7 nitrogen and oxygen atoms in total. The van der Waals surface area contributed by atoms with E-state index in [0.29, 0.717) is 10.6 Å². The highest BCUT2D eigenvalue weighted by Crippen LogP contribution is 2.43. The first kappa shape index (κ1) is 25.3. The minimum atomic E-state index is -1.34. The lowest BCUT2D eigenvalue weighted by Gasteiger charge is -2.23. The highest BCUT2D eigenvalue weighted by Gasteiger charge is 2.44. The zero-order chi connectivity index (χ0) is 27.8. The summed E-state index contributed by atoms with van der Waals surface area (Å²) in [5.41, 5.74) is 1.87. The highest BCUT2D eigenvalue weighted by molar-refractivity contribution is 6.30. The summed E-state index contributed by atoms with van der Waals surface area (Å²) in [6, 6.07) is 28.8. The number of fused-ring (bicyclic) bond motifs is 2. The number of carbonyl (C=O) groups excluding carboxylic acids is 2. The third kappa shape index (κ3) is 4.36. The summed E-state index contributed by atoms with van der Waals surface area (Å²) in [4.78, 5) is 45.7. The fraction of sp³-hybridized carbons (Fsp3) is 0.0625. The summed E-state index contributed by atoms with van der Waals surface area (Å²) in [6.07, 6.45) is 0.834. The fourth-order valence-electron chi connectivity index (χ4n) is 5.01. The van der Waals surface area contributed by atoms with Gasteiger partial charge in [0.25, 0.3) is 11.8 Å². The molecule has 1 N–H and O–H groups in total. The van der Waals surface area contributed by atoms with Crippen LogP contribution in [0.4, 0.5) is 0 Å². The van der Waals surface area contributed by atoms with E-state index in [1.165, 1.54) is 6.20 Å². The number of nitrogens with zero attached hydrogens (tertiary/aromatic N) is 2. The molecule has 0 unspecified atom stereocenters. The predicted molar refractivity (Wildman–Crippen MR) is 150 cm³/mol. The van der Waals surface area contributed by atoms with Crippen molar-refractivity contribution in [3.63, 3.8) is 0 Å². The number of carbonyl (C=O) groups is 3. The van der Waals surface area contributed by atoms with Crippen LogP contribution < -0.4 is 4.74 Å². The number of amides is 2. The third-order valence-corrected chi connectivity index (χ3v) is 7.10. The quantitative estimate of drug-likeness (QED) is 0.232. The van der Waals surface area contributed by atoms with Crippen molar-refractivity contribution < 1.29 is 24.2 Å². The largest absolute Gasteiger partial charge is 0.478 e. The van der Waals surface area contributed by atoms with Crippen molar-refractivity contribution in [1.29, 1.82) is 0 Å². The summed E-state index contributed by atoms with van der Waals surface area (Å²) in [6.45, 7) is -0.0629. The van der Waals surface area contributed by atoms with Gasteiger partial charge < -0.3 is 9.84 Å². The molecule has 1 aliphatic rings. The molecular weight excluding hydrogens is 528 g/mol. The molecule has 0 saturated heterocycles. The topological polar surface area (TPSA) is 96.8 Å². The first-order chi connectivity index (χ1) is 19.4. The van der Waals surface area contributed by atoms with Gasteiger partial charge in [-0.15, -0.1) is 0 Å². The average Bonchev–Trinajstić information content (AvgIpc) is 3.22. The van der Waals surface area contributed by atoms with E-state index in [9.17, 15) is 19.5 Å². The molecule has 0 radical (unpaired) electrons. The van der Waals surface area contributed by atoms with Crippen LogP contribution in [0.5, 0.6) is 5.75 Å². The Morgan fingerprint density at radius 3 is 2.02 bits per heavy atom. The van der Waals surface area contributed by atoms with E-state index in [-0.39, 0.29) is 39.9 Å².